The molecule has 0 N–H and O–H groups in total. The lowest BCUT2D eigenvalue weighted by atomic mass is 10.2. The van der Waals surface area contributed by atoms with Gasteiger partial charge in [0.1, 0.15) is 16.9 Å². The van der Waals surface area contributed by atoms with E-state index in [4.69, 9.17) is 16.3 Å². The zero-order chi connectivity index (χ0) is 15.7. The standard InChI is InChI=1S/C14H12ClFN2O3S/c15-13-5-2-6-17-14(13)21-11-8-18(9-11)22(19,20)12-4-1-3-10(16)7-12/h1-7,11H,8-9H2. The molecular formula is C14H12ClFN2O3S. The molecule has 0 aliphatic carbocycles. The van der Waals surface area contributed by atoms with Crippen molar-refractivity contribution in [2.24, 2.45) is 0 Å². The van der Waals surface area contributed by atoms with Gasteiger partial charge in [0.2, 0.25) is 15.9 Å². The first-order valence-electron chi connectivity index (χ1n) is 6.50. The highest BCUT2D eigenvalue weighted by molar-refractivity contribution is 7.89. The summed E-state index contributed by atoms with van der Waals surface area (Å²) >= 11 is 5.93. The van der Waals surface area contributed by atoms with E-state index >= 15 is 0 Å². The van der Waals surface area contributed by atoms with Crippen LogP contribution in [0, 0.1) is 5.82 Å². The second kappa shape index (κ2) is 5.83. The predicted octanol–water partition coefficient (Wildman–Crippen LogP) is 2.33. The van der Waals surface area contributed by atoms with Crippen molar-refractivity contribution in [3.8, 4) is 5.88 Å². The highest BCUT2D eigenvalue weighted by Gasteiger charge is 2.38. The van der Waals surface area contributed by atoms with Crippen molar-refractivity contribution >= 4 is 21.6 Å². The fourth-order valence-corrected chi connectivity index (χ4v) is 3.77. The fourth-order valence-electron chi connectivity index (χ4n) is 2.06. The van der Waals surface area contributed by atoms with Crippen LogP contribution in [0.1, 0.15) is 0 Å². The van der Waals surface area contributed by atoms with Crippen LogP contribution in [0.25, 0.3) is 0 Å². The second-order valence-corrected chi connectivity index (χ2v) is 7.15. The summed E-state index contributed by atoms with van der Waals surface area (Å²) in [6, 6.07) is 8.25. The third-order valence-electron chi connectivity index (χ3n) is 3.25. The van der Waals surface area contributed by atoms with Crippen LogP contribution in [0.3, 0.4) is 0 Å². The van der Waals surface area contributed by atoms with Gasteiger partial charge >= 0.3 is 0 Å². The topological polar surface area (TPSA) is 59.5 Å². The number of hydrogen-bond donors (Lipinski definition) is 0. The van der Waals surface area contributed by atoms with Crippen molar-refractivity contribution in [1.29, 1.82) is 0 Å². The Hall–Kier alpha value is -1.70. The summed E-state index contributed by atoms with van der Waals surface area (Å²) < 4.78 is 44.5. The van der Waals surface area contributed by atoms with E-state index in [9.17, 15) is 12.8 Å². The number of ether oxygens (including phenoxy) is 1. The molecule has 0 atom stereocenters. The fraction of sp³-hybridized carbons (Fsp3) is 0.214. The number of aromatic nitrogens is 1. The Bertz CT molecular complexity index is 794. The van der Waals surface area contributed by atoms with Gasteiger partial charge in [-0.3, -0.25) is 0 Å². The molecule has 0 amide bonds. The van der Waals surface area contributed by atoms with Gasteiger partial charge in [0.15, 0.2) is 0 Å². The summed E-state index contributed by atoms with van der Waals surface area (Å²) in [4.78, 5) is 3.92. The van der Waals surface area contributed by atoms with Gasteiger partial charge in [0.25, 0.3) is 0 Å². The average molecular weight is 343 g/mol. The molecule has 1 saturated heterocycles. The van der Waals surface area contributed by atoms with Crippen molar-refractivity contribution in [1.82, 2.24) is 9.29 Å². The van der Waals surface area contributed by atoms with Gasteiger partial charge < -0.3 is 4.74 Å². The molecule has 0 saturated carbocycles. The largest absolute Gasteiger partial charge is 0.470 e. The molecule has 8 heteroatoms. The second-order valence-electron chi connectivity index (χ2n) is 4.81. The van der Waals surface area contributed by atoms with Gasteiger partial charge in [-0.25, -0.2) is 17.8 Å². The summed E-state index contributed by atoms with van der Waals surface area (Å²) in [7, 11) is -3.70. The predicted molar refractivity (Wildman–Crippen MR) is 78.8 cm³/mol. The first-order valence-corrected chi connectivity index (χ1v) is 8.31. The van der Waals surface area contributed by atoms with Gasteiger partial charge in [-0.05, 0) is 30.3 Å². The lowest BCUT2D eigenvalue weighted by Gasteiger charge is -2.37. The third kappa shape index (κ3) is 2.92. The summed E-state index contributed by atoms with van der Waals surface area (Å²) in [5.41, 5.74) is 0. The molecule has 5 nitrogen and oxygen atoms in total. The molecule has 3 rings (SSSR count). The van der Waals surface area contributed by atoms with Crippen molar-refractivity contribution in [3.05, 3.63) is 53.4 Å². The highest BCUT2D eigenvalue weighted by atomic mass is 35.5. The molecule has 2 aromatic rings. The molecule has 1 fully saturated rings. The summed E-state index contributed by atoms with van der Waals surface area (Å²) in [5.74, 6) is -0.313. The number of nitrogens with zero attached hydrogens (tertiary/aromatic N) is 2. The van der Waals surface area contributed by atoms with E-state index in [0.717, 1.165) is 6.07 Å². The summed E-state index contributed by atoms with van der Waals surface area (Å²) in [6.07, 6.45) is 1.22. The molecular weight excluding hydrogens is 331 g/mol. The number of rotatable bonds is 4. The highest BCUT2D eigenvalue weighted by Crippen LogP contribution is 2.27. The molecule has 0 spiro atoms. The van der Waals surface area contributed by atoms with Crippen LogP contribution in [0.2, 0.25) is 5.02 Å². The van der Waals surface area contributed by atoms with Crippen LogP contribution in [0.5, 0.6) is 5.88 Å². The van der Waals surface area contributed by atoms with Gasteiger partial charge in [-0.2, -0.15) is 4.31 Å². The van der Waals surface area contributed by atoms with E-state index < -0.39 is 15.8 Å². The zero-order valence-electron chi connectivity index (χ0n) is 11.3. The Morgan fingerprint density at radius 1 is 1.27 bits per heavy atom. The molecule has 0 radical (unpaired) electrons. The molecule has 0 unspecified atom stereocenters. The van der Waals surface area contributed by atoms with E-state index in [1.807, 2.05) is 0 Å². The normalized spacial score (nSPS) is 16.3. The molecule has 22 heavy (non-hydrogen) atoms. The summed E-state index contributed by atoms with van der Waals surface area (Å²) in [5, 5.41) is 0.369. The van der Waals surface area contributed by atoms with Crippen LogP contribution >= 0.6 is 11.6 Å². The van der Waals surface area contributed by atoms with E-state index in [1.165, 1.54) is 22.5 Å². The number of halogens is 2. The number of hydrogen-bond acceptors (Lipinski definition) is 4. The Labute approximate surface area is 132 Å². The maximum absolute atomic E-state index is 13.2. The first-order chi connectivity index (χ1) is 10.5. The number of benzene rings is 1. The average Bonchev–Trinajstić information content (AvgIpc) is 2.44. The van der Waals surface area contributed by atoms with Crippen LogP contribution in [0.4, 0.5) is 4.39 Å². The van der Waals surface area contributed by atoms with Crippen LogP contribution in [-0.4, -0.2) is 36.9 Å². The maximum Gasteiger partial charge on any atom is 0.243 e. The SMILES string of the molecule is O=S(=O)(c1cccc(F)c1)N1CC(Oc2ncccc2Cl)C1. The lowest BCUT2D eigenvalue weighted by molar-refractivity contribution is 0.0722. The minimum absolute atomic E-state index is 0.0678. The quantitative estimate of drug-likeness (QED) is 0.855. The van der Waals surface area contributed by atoms with Crippen molar-refractivity contribution in [2.45, 2.75) is 11.0 Å². The zero-order valence-corrected chi connectivity index (χ0v) is 12.9. The third-order valence-corrected chi connectivity index (χ3v) is 5.37. The summed E-state index contributed by atoms with van der Waals surface area (Å²) in [6.45, 7) is 0.345. The van der Waals surface area contributed by atoms with E-state index in [0.29, 0.717) is 5.02 Å². The molecule has 1 aromatic heterocycles. The van der Waals surface area contributed by atoms with Gasteiger partial charge in [0.05, 0.1) is 18.0 Å². The van der Waals surface area contributed by atoms with Crippen molar-refractivity contribution < 1.29 is 17.5 Å². The molecule has 0 bridgehead atoms. The van der Waals surface area contributed by atoms with Gasteiger partial charge in [-0.1, -0.05) is 17.7 Å². The van der Waals surface area contributed by atoms with E-state index in [-0.39, 0.29) is 30.0 Å². The van der Waals surface area contributed by atoms with Gasteiger partial charge in [0, 0.05) is 6.20 Å². The first kappa shape index (κ1) is 15.2. The Kier molecular flexibility index (Phi) is 4.03. The Morgan fingerprint density at radius 3 is 2.73 bits per heavy atom. The minimum Gasteiger partial charge on any atom is -0.470 e. The van der Waals surface area contributed by atoms with Crippen LogP contribution in [0.15, 0.2) is 47.5 Å². The smallest absolute Gasteiger partial charge is 0.243 e. The van der Waals surface area contributed by atoms with Crippen molar-refractivity contribution in [3.63, 3.8) is 0 Å². The Balaban J connectivity index is 1.67. The number of sulfonamides is 1. The Morgan fingerprint density at radius 2 is 2.05 bits per heavy atom. The van der Waals surface area contributed by atoms with Gasteiger partial charge in [-0.15, -0.1) is 0 Å². The number of pyridine rings is 1. The lowest BCUT2D eigenvalue weighted by Crippen LogP contribution is -2.56. The molecule has 116 valence electrons. The monoisotopic (exact) mass is 342 g/mol. The molecule has 1 aliphatic rings. The van der Waals surface area contributed by atoms with E-state index in [1.54, 1.807) is 18.3 Å². The van der Waals surface area contributed by atoms with E-state index in [2.05, 4.69) is 4.98 Å². The molecule has 1 aliphatic heterocycles. The molecule has 2 heterocycles. The van der Waals surface area contributed by atoms with Crippen LogP contribution < -0.4 is 4.74 Å². The van der Waals surface area contributed by atoms with Crippen molar-refractivity contribution in [2.75, 3.05) is 13.1 Å². The molecule has 1 aromatic carbocycles. The minimum atomic E-state index is -3.70. The maximum atomic E-state index is 13.2. The van der Waals surface area contributed by atoms with Crippen LogP contribution in [-0.2, 0) is 10.0 Å².